The summed E-state index contributed by atoms with van der Waals surface area (Å²) >= 11 is 0. The Balaban J connectivity index is 1.11. The maximum atomic E-state index is 14.7. The highest BCUT2D eigenvalue weighted by atomic mass is 19.1. The number of rotatable bonds is 4. The molecule has 2 aromatic carbocycles. The van der Waals surface area contributed by atoms with Crippen molar-refractivity contribution >= 4 is 28.6 Å². The standard InChI is InChI=1S/C27H29FN8O/c1-15-6-16(2)8-19(7-15)30-27-29-12-18-13-35(14-25(18)31-27)20-4-5-36(17(3)9-20)26(37)21-10-23-24(11-22(21)28)33-34-32-23/h6-8,10-12,17,20H,4-5,9,13-14H2,1-3H3,(H,29,30,31)(H,32,33,34)/t17-,20+/m0/s1. The quantitative estimate of drug-likeness (QED) is 0.432. The van der Waals surface area contributed by atoms with Crippen molar-refractivity contribution in [2.75, 3.05) is 11.9 Å². The van der Waals surface area contributed by atoms with E-state index in [1.54, 1.807) is 4.90 Å². The summed E-state index contributed by atoms with van der Waals surface area (Å²) in [6, 6.07) is 9.34. The number of aryl methyl sites for hydroxylation is 2. The van der Waals surface area contributed by atoms with E-state index in [1.165, 1.54) is 23.3 Å². The molecule has 2 aliphatic rings. The van der Waals surface area contributed by atoms with Gasteiger partial charge in [0.05, 0.1) is 11.3 Å². The predicted octanol–water partition coefficient (Wildman–Crippen LogP) is 4.26. The van der Waals surface area contributed by atoms with Crippen molar-refractivity contribution in [3.8, 4) is 0 Å². The van der Waals surface area contributed by atoms with Crippen molar-refractivity contribution < 1.29 is 9.18 Å². The van der Waals surface area contributed by atoms with Gasteiger partial charge in [0, 0.05) is 55.2 Å². The minimum atomic E-state index is -0.570. The lowest BCUT2D eigenvalue weighted by molar-refractivity contribution is 0.0457. The number of carbonyl (C=O) groups excluding carboxylic acids is 1. The van der Waals surface area contributed by atoms with E-state index in [2.05, 4.69) is 62.7 Å². The summed E-state index contributed by atoms with van der Waals surface area (Å²) in [6.07, 6.45) is 3.55. The van der Waals surface area contributed by atoms with Crippen LogP contribution in [-0.2, 0) is 13.1 Å². The molecule has 4 heterocycles. The molecule has 1 saturated heterocycles. The Bertz CT molecular complexity index is 1480. The van der Waals surface area contributed by atoms with Gasteiger partial charge >= 0.3 is 0 Å². The van der Waals surface area contributed by atoms with Crippen LogP contribution in [0.25, 0.3) is 11.0 Å². The number of likely N-dealkylation sites (tertiary alicyclic amines) is 1. The summed E-state index contributed by atoms with van der Waals surface area (Å²) in [6.45, 7) is 8.30. The van der Waals surface area contributed by atoms with E-state index in [0.717, 1.165) is 42.9 Å². The van der Waals surface area contributed by atoms with Crippen LogP contribution in [-0.4, -0.2) is 59.7 Å². The van der Waals surface area contributed by atoms with Gasteiger partial charge in [0.25, 0.3) is 5.91 Å². The van der Waals surface area contributed by atoms with Crippen molar-refractivity contribution in [2.45, 2.75) is 58.8 Å². The Morgan fingerprint density at radius 2 is 1.84 bits per heavy atom. The second kappa shape index (κ2) is 9.19. The van der Waals surface area contributed by atoms with Gasteiger partial charge in [0.1, 0.15) is 16.9 Å². The molecule has 6 rings (SSSR count). The minimum Gasteiger partial charge on any atom is -0.336 e. The fraction of sp³-hybridized carbons (Fsp3) is 0.370. The van der Waals surface area contributed by atoms with Crippen LogP contribution in [0.15, 0.2) is 36.5 Å². The van der Waals surface area contributed by atoms with E-state index in [4.69, 9.17) is 4.98 Å². The van der Waals surface area contributed by atoms with E-state index in [9.17, 15) is 9.18 Å². The van der Waals surface area contributed by atoms with Crippen LogP contribution in [0.3, 0.4) is 0 Å². The molecule has 2 aliphatic heterocycles. The van der Waals surface area contributed by atoms with Gasteiger partial charge in [-0.1, -0.05) is 6.07 Å². The highest BCUT2D eigenvalue weighted by molar-refractivity contribution is 5.97. The molecule has 190 valence electrons. The van der Waals surface area contributed by atoms with Gasteiger partial charge in [0.2, 0.25) is 5.95 Å². The third kappa shape index (κ3) is 4.53. The smallest absolute Gasteiger partial charge is 0.257 e. The van der Waals surface area contributed by atoms with Crippen LogP contribution in [0, 0.1) is 19.7 Å². The molecular formula is C27H29FN8O. The number of anilines is 2. The van der Waals surface area contributed by atoms with Crippen LogP contribution in [0.4, 0.5) is 16.0 Å². The summed E-state index contributed by atoms with van der Waals surface area (Å²) in [4.78, 5) is 26.8. The average Bonchev–Trinajstić information content (AvgIpc) is 3.48. The molecule has 1 fully saturated rings. The topological polar surface area (TPSA) is 103 Å². The number of amides is 1. The van der Waals surface area contributed by atoms with Gasteiger partial charge in [0.15, 0.2) is 0 Å². The molecule has 4 aromatic rings. The third-order valence-corrected chi connectivity index (χ3v) is 7.42. The normalized spacial score (nSPS) is 19.8. The molecular weight excluding hydrogens is 471 g/mol. The van der Waals surface area contributed by atoms with Crippen LogP contribution in [0.2, 0.25) is 0 Å². The fourth-order valence-electron chi connectivity index (χ4n) is 5.63. The lowest BCUT2D eigenvalue weighted by atomic mass is 9.96. The lowest BCUT2D eigenvalue weighted by Crippen LogP contribution is -2.50. The maximum Gasteiger partial charge on any atom is 0.257 e. The highest BCUT2D eigenvalue weighted by Crippen LogP contribution is 2.31. The number of benzene rings is 2. The zero-order valence-electron chi connectivity index (χ0n) is 21.1. The number of aromatic nitrogens is 5. The number of halogens is 1. The average molecular weight is 501 g/mol. The van der Waals surface area contributed by atoms with E-state index in [0.29, 0.717) is 29.6 Å². The summed E-state index contributed by atoms with van der Waals surface area (Å²) < 4.78 is 14.7. The number of piperidine rings is 1. The molecule has 10 heteroatoms. The van der Waals surface area contributed by atoms with Gasteiger partial charge in [-0.2, -0.15) is 15.4 Å². The minimum absolute atomic E-state index is 0.0183. The Morgan fingerprint density at radius 1 is 1.08 bits per heavy atom. The zero-order valence-corrected chi connectivity index (χ0v) is 21.1. The summed E-state index contributed by atoms with van der Waals surface area (Å²) in [5.41, 5.74) is 6.47. The molecule has 2 aromatic heterocycles. The van der Waals surface area contributed by atoms with Crippen LogP contribution >= 0.6 is 0 Å². The predicted molar refractivity (Wildman–Crippen MR) is 138 cm³/mol. The Labute approximate surface area is 214 Å². The van der Waals surface area contributed by atoms with E-state index in [1.807, 2.05) is 13.1 Å². The Hall–Kier alpha value is -3.92. The number of nitrogens with one attached hydrogen (secondary N) is 2. The molecule has 2 N–H and O–H groups in total. The number of aromatic amines is 1. The largest absolute Gasteiger partial charge is 0.336 e. The van der Waals surface area contributed by atoms with Gasteiger partial charge in [-0.05, 0) is 62.9 Å². The monoisotopic (exact) mass is 500 g/mol. The number of H-pyrrole nitrogens is 1. The second-order valence-electron chi connectivity index (χ2n) is 10.2. The molecule has 0 unspecified atom stereocenters. The summed E-state index contributed by atoms with van der Waals surface area (Å²) in [5, 5.41) is 13.7. The number of hydrogen-bond donors (Lipinski definition) is 2. The van der Waals surface area contributed by atoms with Gasteiger partial charge in [-0.3, -0.25) is 9.69 Å². The SMILES string of the molecule is Cc1cc(C)cc(Nc2ncc3c(n2)CN([C@@H]2CCN(C(=O)c4cc5n[nH]nc5cc4F)[C@@H](C)C2)C3)c1. The van der Waals surface area contributed by atoms with Gasteiger partial charge in [-0.15, -0.1) is 0 Å². The number of hydrogen-bond acceptors (Lipinski definition) is 7. The number of nitrogens with zero attached hydrogens (tertiary/aromatic N) is 6. The Morgan fingerprint density at radius 3 is 2.59 bits per heavy atom. The molecule has 9 nitrogen and oxygen atoms in total. The third-order valence-electron chi connectivity index (χ3n) is 7.42. The van der Waals surface area contributed by atoms with Crippen molar-refractivity contribution in [1.29, 1.82) is 0 Å². The highest BCUT2D eigenvalue weighted by Gasteiger charge is 2.35. The van der Waals surface area contributed by atoms with Gasteiger partial charge in [-0.25, -0.2) is 14.4 Å². The van der Waals surface area contributed by atoms with E-state index < -0.39 is 5.82 Å². The lowest BCUT2D eigenvalue weighted by Gasteiger charge is -2.41. The summed E-state index contributed by atoms with van der Waals surface area (Å²) in [5.74, 6) is -0.268. The zero-order chi connectivity index (χ0) is 25.7. The van der Waals surface area contributed by atoms with Gasteiger partial charge < -0.3 is 10.2 Å². The summed E-state index contributed by atoms with van der Waals surface area (Å²) in [7, 11) is 0. The molecule has 37 heavy (non-hydrogen) atoms. The second-order valence-corrected chi connectivity index (χ2v) is 10.2. The molecule has 2 atom stereocenters. The Kier molecular flexibility index (Phi) is 5.83. The van der Waals surface area contributed by atoms with E-state index in [-0.39, 0.29) is 17.5 Å². The first-order chi connectivity index (χ1) is 17.8. The number of fused-ring (bicyclic) bond motifs is 2. The molecule has 0 bridgehead atoms. The van der Waals surface area contributed by atoms with Crippen molar-refractivity contribution in [2.24, 2.45) is 0 Å². The first-order valence-electron chi connectivity index (χ1n) is 12.6. The van der Waals surface area contributed by atoms with Crippen LogP contribution in [0.5, 0.6) is 0 Å². The maximum absolute atomic E-state index is 14.7. The molecule has 0 spiro atoms. The van der Waals surface area contributed by atoms with Crippen LogP contribution < -0.4 is 5.32 Å². The molecule has 1 amide bonds. The van der Waals surface area contributed by atoms with Crippen LogP contribution in [0.1, 0.15) is 52.5 Å². The molecule has 0 radical (unpaired) electrons. The fourth-order valence-corrected chi connectivity index (χ4v) is 5.63. The van der Waals surface area contributed by atoms with Crippen molar-refractivity contribution in [3.05, 3.63) is 70.3 Å². The molecule has 0 aliphatic carbocycles. The van der Waals surface area contributed by atoms with Crippen molar-refractivity contribution in [1.82, 2.24) is 35.2 Å². The first kappa shape index (κ1) is 23.5. The first-order valence-corrected chi connectivity index (χ1v) is 12.6. The van der Waals surface area contributed by atoms with E-state index >= 15 is 0 Å². The van der Waals surface area contributed by atoms with Crippen molar-refractivity contribution in [3.63, 3.8) is 0 Å². The number of carbonyl (C=O) groups is 1. The molecule has 0 saturated carbocycles.